The van der Waals surface area contributed by atoms with Crippen molar-refractivity contribution < 1.29 is 35.9 Å². The van der Waals surface area contributed by atoms with Gasteiger partial charge < -0.3 is 4.74 Å². The summed E-state index contributed by atoms with van der Waals surface area (Å²) in [6, 6.07) is 7.62. The van der Waals surface area contributed by atoms with Crippen LogP contribution in [0.5, 0.6) is 5.75 Å². The monoisotopic (exact) mass is 334 g/mol. The molecule has 0 N–H and O–H groups in total. The fourth-order valence-electron chi connectivity index (χ4n) is 1.79. The normalized spacial score (nSPS) is 12.1. The van der Waals surface area contributed by atoms with Gasteiger partial charge in [0.2, 0.25) is 0 Å². The number of halogens is 6. The molecule has 0 aliphatic carbocycles. The molecular formula is C15H8F6O2. The third-order valence-corrected chi connectivity index (χ3v) is 2.82. The van der Waals surface area contributed by atoms with Gasteiger partial charge in [0, 0.05) is 11.1 Å². The number of hydrogen-bond acceptors (Lipinski definition) is 2. The van der Waals surface area contributed by atoms with Crippen LogP contribution in [0.1, 0.15) is 21.5 Å². The van der Waals surface area contributed by atoms with E-state index >= 15 is 0 Å². The summed E-state index contributed by atoms with van der Waals surface area (Å²) in [7, 11) is 0. The molecule has 8 heteroatoms. The Bertz CT molecular complexity index is 684. The molecule has 0 aliphatic rings. The Morgan fingerprint density at radius 3 is 1.57 bits per heavy atom. The van der Waals surface area contributed by atoms with Crippen molar-refractivity contribution in [2.24, 2.45) is 0 Å². The molecule has 122 valence electrons. The van der Waals surface area contributed by atoms with E-state index in [-0.39, 0.29) is 11.1 Å². The van der Waals surface area contributed by atoms with Crippen LogP contribution in [0.3, 0.4) is 0 Å². The van der Waals surface area contributed by atoms with Gasteiger partial charge in [0.15, 0.2) is 5.78 Å². The minimum absolute atomic E-state index is 0.0116. The fourth-order valence-corrected chi connectivity index (χ4v) is 1.79. The van der Waals surface area contributed by atoms with Crippen molar-refractivity contribution in [3.8, 4) is 5.75 Å². The number of benzene rings is 2. The highest BCUT2D eigenvalue weighted by molar-refractivity contribution is 6.09. The summed E-state index contributed by atoms with van der Waals surface area (Å²) in [6.07, 6.45) is -9.36. The number of carbonyl (C=O) groups excluding carboxylic acids is 1. The van der Waals surface area contributed by atoms with E-state index in [0.29, 0.717) is 0 Å². The van der Waals surface area contributed by atoms with Gasteiger partial charge in [-0.15, -0.1) is 13.2 Å². The molecular weight excluding hydrogens is 326 g/mol. The highest BCUT2D eigenvalue weighted by Crippen LogP contribution is 2.29. The summed E-state index contributed by atoms with van der Waals surface area (Å²) in [5.41, 5.74) is -0.884. The van der Waals surface area contributed by atoms with Gasteiger partial charge in [-0.05, 0) is 36.4 Å². The molecule has 0 saturated heterocycles. The van der Waals surface area contributed by atoms with Crippen LogP contribution in [-0.2, 0) is 6.18 Å². The summed E-state index contributed by atoms with van der Waals surface area (Å²) >= 11 is 0. The molecule has 0 saturated carbocycles. The smallest absolute Gasteiger partial charge is 0.406 e. The molecule has 0 bridgehead atoms. The second-order valence-corrected chi connectivity index (χ2v) is 4.48. The second-order valence-electron chi connectivity index (χ2n) is 4.48. The van der Waals surface area contributed by atoms with E-state index in [0.717, 1.165) is 48.5 Å². The molecule has 2 aromatic carbocycles. The third-order valence-electron chi connectivity index (χ3n) is 2.82. The van der Waals surface area contributed by atoms with Crippen LogP contribution in [0, 0.1) is 0 Å². The first kappa shape index (κ1) is 16.9. The van der Waals surface area contributed by atoms with Crippen LogP contribution in [0.25, 0.3) is 0 Å². The van der Waals surface area contributed by atoms with Crippen molar-refractivity contribution in [3.05, 3.63) is 65.2 Å². The third kappa shape index (κ3) is 4.48. The van der Waals surface area contributed by atoms with Crippen molar-refractivity contribution in [3.63, 3.8) is 0 Å². The van der Waals surface area contributed by atoms with Crippen molar-refractivity contribution in [2.75, 3.05) is 0 Å². The minimum atomic E-state index is -4.85. The molecule has 0 radical (unpaired) electrons. The second kappa shape index (κ2) is 5.94. The van der Waals surface area contributed by atoms with Crippen LogP contribution in [-0.4, -0.2) is 12.1 Å². The Hall–Kier alpha value is -2.51. The standard InChI is InChI=1S/C15H8F6O2/c16-14(17,18)11-5-1-9(2-6-11)13(22)10-3-7-12(8-4-10)23-15(19,20)21/h1-8H. The number of ether oxygens (including phenoxy) is 1. The zero-order chi connectivity index (χ0) is 17.3. The molecule has 0 aromatic heterocycles. The van der Waals surface area contributed by atoms with E-state index in [1.807, 2.05) is 0 Å². The van der Waals surface area contributed by atoms with Crippen molar-refractivity contribution in [1.82, 2.24) is 0 Å². The summed E-state index contributed by atoms with van der Waals surface area (Å²) < 4.78 is 77.0. The van der Waals surface area contributed by atoms with Crippen LogP contribution in [0.2, 0.25) is 0 Å². The first-order valence-corrected chi connectivity index (χ1v) is 6.14. The van der Waals surface area contributed by atoms with E-state index in [1.54, 1.807) is 0 Å². The molecule has 2 aromatic rings. The average Bonchev–Trinajstić information content (AvgIpc) is 2.45. The zero-order valence-electron chi connectivity index (χ0n) is 11.2. The van der Waals surface area contributed by atoms with Gasteiger partial charge in [0.05, 0.1) is 5.56 Å². The lowest BCUT2D eigenvalue weighted by Crippen LogP contribution is -2.17. The zero-order valence-corrected chi connectivity index (χ0v) is 11.2. The predicted molar refractivity (Wildman–Crippen MR) is 68.0 cm³/mol. The number of ketones is 1. The van der Waals surface area contributed by atoms with Gasteiger partial charge in [0.1, 0.15) is 5.75 Å². The van der Waals surface area contributed by atoms with E-state index in [9.17, 15) is 31.1 Å². The van der Waals surface area contributed by atoms with Crippen LogP contribution < -0.4 is 4.74 Å². The predicted octanol–water partition coefficient (Wildman–Crippen LogP) is 4.84. The van der Waals surface area contributed by atoms with Gasteiger partial charge in [-0.25, -0.2) is 0 Å². The number of rotatable bonds is 3. The fraction of sp³-hybridized carbons (Fsp3) is 0.133. The lowest BCUT2D eigenvalue weighted by atomic mass is 10.0. The van der Waals surface area contributed by atoms with Crippen molar-refractivity contribution >= 4 is 5.78 Å². The average molecular weight is 334 g/mol. The van der Waals surface area contributed by atoms with Gasteiger partial charge >= 0.3 is 12.5 Å². The van der Waals surface area contributed by atoms with Gasteiger partial charge in [-0.1, -0.05) is 12.1 Å². The topological polar surface area (TPSA) is 26.3 Å². The summed E-state index contributed by atoms with van der Waals surface area (Å²) in [4.78, 5) is 12.1. The molecule has 0 atom stereocenters. The maximum absolute atomic E-state index is 12.4. The van der Waals surface area contributed by atoms with Crippen molar-refractivity contribution in [1.29, 1.82) is 0 Å². The van der Waals surface area contributed by atoms with Crippen LogP contribution in [0.15, 0.2) is 48.5 Å². The highest BCUT2D eigenvalue weighted by Gasteiger charge is 2.31. The first-order chi connectivity index (χ1) is 10.6. The molecule has 0 heterocycles. The molecule has 0 amide bonds. The molecule has 23 heavy (non-hydrogen) atoms. The number of carbonyl (C=O) groups is 1. The Kier molecular flexibility index (Phi) is 4.35. The molecule has 0 aliphatic heterocycles. The summed E-state index contributed by atoms with van der Waals surface area (Å²) in [5, 5.41) is 0. The largest absolute Gasteiger partial charge is 0.573 e. The maximum atomic E-state index is 12.4. The van der Waals surface area contributed by atoms with Gasteiger partial charge in [-0.3, -0.25) is 4.79 Å². The Morgan fingerprint density at radius 1 is 0.739 bits per heavy atom. The first-order valence-electron chi connectivity index (χ1n) is 6.14. The Morgan fingerprint density at radius 2 is 1.17 bits per heavy atom. The molecule has 2 nitrogen and oxygen atoms in total. The molecule has 0 spiro atoms. The van der Waals surface area contributed by atoms with E-state index in [2.05, 4.69) is 4.74 Å². The number of alkyl halides is 6. The highest BCUT2D eigenvalue weighted by atomic mass is 19.4. The van der Waals surface area contributed by atoms with Crippen LogP contribution in [0.4, 0.5) is 26.3 Å². The molecule has 0 unspecified atom stereocenters. The summed E-state index contributed by atoms with van der Waals surface area (Å²) in [6.45, 7) is 0. The van der Waals surface area contributed by atoms with Crippen molar-refractivity contribution in [2.45, 2.75) is 12.5 Å². The van der Waals surface area contributed by atoms with E-state index in [1.165, 1.54) is 0 Å². The van der Waals surface area contributed by atoms with Gasteiger partial charge in [-0.2, -0.15) is 13.2 Å². The lowest BCUT2D eigenvalue weighted by molar-refractivity contribution is -0.274. The Labute approximate surface area is 126 Å². The summed E-state index contributed by atoms with van der Waals surface area (Å²) in [5.74, 6) is -1.11. The van der Waals surface area contributed by atoms with E-state index in [4.69, 9.17) is 0 Å². The number of hydrogen-bond donors (Lipinski definition) is 0. The van der Waals surface area contributed by atoms with E-state index < -0.39 is 29.6 Å². The quantitative estimate of drug-likeness (QED) is 0.593. The maximum Gasteiger partial charge on any atom is 0.573 e. The van der Waals surface area contributed by atoms with Crippen LogP contribution >= 0.6 is 0 Å². The minimum Gasteiger partial charge on any atom is -0.406 e. The molecule has 0 fully saturated rings. The van der Waals surface area contributed by atoms with Gasteiger partial charge in [0.25, 0.3) is 0 Å². The SMILES string of the molecule is O=C(c1ccc(OC(F)(F)F)cc1)c1ccc(C(F)(F)F)cc1. The molecule has 2 rings (SSSR count). The lowest BCUT2D eigenvalue weighted by Gasteiger charge is -2.09. The Balaban J connectivity index is 2.17.